The van der Waals surface area contributed by atoms with Gasteiger partial charge in [0.05, 0.1) is 0 Å². The van der Waals surface area contributed by atoms with Crippen LogP contribution in [0.5, 0.6) is 0 Å². The van der Waals surface area contributed by atoms with Gasteiger partial charge < -0.3 is 5.32 Å². The van der Waals surface area contributed by atoms with E-state index in [0.29, 0.717) is 0 Å². The molecule has 1 aliphatic heterocycles. The molecule has 1 N–H and O–H groups in total. The maximum absolute atomic E-state index is 4.14. The van der Waals surface area contributed by atoms with Crippen molar-refractivity contribution < 1.29 is 0 Å². The summed E-state index contributed by atoms with van der Waals surface area (Å²) in [7, 11) is 1.68. The van der Waals surface area contributed by atoms with Crippen LogP contribution < -0.4 is 5.32 Å². The molecule has 3 heteroatoms. The highest BCUT2D eigenvalue weighted by Crippen LogP contribution is 2.20. The fourth-order valence-electron chi connectivity index (χ4n) is 0.910. The number of nitrogens with one attached hydrogen (secondary N) is 1. The number of hydrogen-bond donors (Lipinski definition) is 2. The SMILES string of the molecule is SSC1CCCNC1. The van der Waals surface area contributed by atoms with Crippen LogP contribution in [-0.4, -0.2) is 18.3 Å². The molecule has 0 bridgehead atoms. The second-order valence-corrected chi connectivity index (χ2v) is 3.58. The largest absolute Gasteiger partial charge is 0.316 e. The molecule has 48 valence electrons. The highest BCUT2D eigenvalue weighted by atomic mass is 33.1. The number of hydrogen-bond acceptors (Lipinski definition) is 3. The molecule has 1 rings (SSSR count). The molecule has 1 unspecified atom stereocenters. The molecule has 1 fully saturated rings. The lowest BCUT2D eigenvalue weighted by Crippen LogP contribution is -2.30. The smallest absolute Gasteiger partial charge is 0.0274 e. The average molecular weight is 149 g/mol. The van der Waals surface area contributed by atoms with Crippen molar-refractivity contribution in [1.82, 2.24) is 5.32 Å². The summed E-state index contributed by atoms with van der Waals surface area (Å²) in [5.41, 5.74) is 0. The van der Waals surface area contributed by atoms with Crippen molar-refractivity contribution in [2.24, 2.45) is 0 Å². The second kappa shape index (κ2) is 3.64. The Labute approximate surface area is 59.4 Å². The van der Waals surface area contributed by atoms with Gasteiger partial charge in [0.1, 0.15) is 0 Å². The Kier molecular flexibility index (Phi) is 3.08. The van der Waals surface area contributed by atoms with Crippen LogP contribution >= 0.6 is 22.5 Å². The van der Waals surface area contributed by atoms with Crippen molar-refractivity contribution in [3.8, 4) is 0 Å². The van der Waals surface area contributed by atoms with Crippen molar-refractivity contribution in [3.05, 3.63) is 0 Å². The molecule has 0 aromatic heterocycles. The standard InChI is InChI=1S/C5H11NS2/c7-8-5-2-1-3-6-4-5/h5-7H,1-4H2. The molecule has 1 nitrogen and oxygen atoms in total. The zero-order valence-electron chi connectivity index (χ0n) is 4.76. The summed E-state index contributed by atoms with van der Waals surface area (Å²) in [6.07, 6.45) is 2.65. The zero-order valence-corrected chi connectivity index (χ0v) is 6.47. The highest BCUT2D eigenvalue weighted by Gasteiger charge is 2.10. The van der Waals surface area contributed by atoms with E-state index in [0.717, 1.165) is 11.8 Å². The van der Waals surface area contributed by atoms with Gasteiger partial charge in [-0.05, 0) is 19.4 Å². The van der Waals surface area contributed by atoms with Gasteiger partial charge in [0.15, 0.2) is 0 Å². The minimum absolute atomic E-state index is 0.757. The van der Waals surface area contributed by atoms with Crippen LogP contribution in [0, 0.1) is 0 Å². The maximum Gasteiger partial charge on any atom is 0.0274 e. The Hall–Kier alpha value is 0.660. The van der Waals surface area contributed by atoms with Gasteiger partial charge in [-0.2, -0.15) is 0 Å². The van der Waals surface area contributed by atoms with Crippen LogP contribution in [0.3, 0.4) is 0 Å². The molecule has 0 aromatic rings. The number of thiol groups is 1. The first-order chi connectivity index (χ1) is 3.93. The molecule has 0 radical (unpaired) electrons. The molecule has 0 spiro atoms. The van der Waals surface area contributed by atoms with Gasteiger partial charge in [-0.15, -0.1) is 11.7 Å². The Bertz CT molecular complexity index is 61.4. The van der Waals surface area contributed by atoms with Gasteiger partial charge in [-0.1, -0.05) is 10.8 Å². The fourth-order valence-corrected chi connectivity index (χ4v) is 1.91. The zero-order chi connectivity index (χ0) is 5.82. The van der Waals surface area contributed by atoms with Crippen LogP contribution in [-0.2, 0) is 0 Å². The molecule has 0 aliphatic carbocycles. The lowest BCUT2D eigenvalue weighted by atomic mass is 10.2. The van der Waals surface area contributed by atoms with E-state index in [1.54, 1.807) is 10.8 Å². The van der Waals surface area contributed by atoms with Gasteiger partial charge in [0.25, 0.3) is 0 Å². The molecular weight excluding hydrogens is 138 g/mol. The monoisotopic (exact) mass is 149 g/mol. The molecule has 0 amide bonds. The second-order valence-electron chi connectivity index (χ2n) is 2.07. The summed E-state index contributed by atoms with van der Waals surface area (Å²) in [5.74, 6) is 0. The van der Waals surface area contributed by atoms with Crippen molar-refractivity contribution >= 4 is 22.5 Å². The molecule has 0 aromatic carbocycles. The molecule has 1 saturated heterocycles. The lowest BCUT2D eigenvalue weighted by molar-refractivity contribution is 0.533. The van der Waals surface area contributed by atoms with E-state index in [1.165, 1.54) is 19.4 Å². The van der Waals surface area contributed by atoms with E-state index in [1.807, 2.05) is 0 Å². The quantitative estimate of drug-likeness (QED) is 0.431. The van der Waals surface area contributed by atoms with E-state index < -0.39 is 0 Å². The van der Waals surface area contributed by atoms with Crippen LogP contribution in [0.2, 0.25) is 0 Å². The Morgan fingerprint density at radius 3 is 2.88 bits per heavy atom. The summed E-state index contributed by atoms with van der Waals surface area (Å²) in [6, 6.07) is 0. The van der Waals surface area contributed by atoms with Gasteiger partial charge in [-0.3, -0.25) is 0 Å². The summed E-state index contributed by atoms with van der Waals surface area (Å²) >= 11 is 4.14. The third-order valence-electron chi connectivity index (χ3n) is 1.40. The Morgan fingerprint density at radius 2 is 2.50 bits per heavy atom. The topological polar surface area (TPSA) is 12.0 Å². The summed E-state index contributed by atoms with van der Waals surface area (Å²) < 4.78 is 0. The summed E-state index contributed by atoms with van der Waals surface area (Å²) in [5, 5.41) is 4.07. The number of rotatable bonds is 1. The van der Waals surface area contributed by atoms with E-state index >= 15 is 0 Å². The molecule has 8 heavy (non-hydrogen) atoms. The van der Waals surface area contributed by atoms with Crippen molar-refractivity contribution in [2.45, 2.75) is 18.1 Å². The van der Waals surface area contributed by atoms with Crippen molar-refractivity contribution in [2.75, 3.05) is 13.1 Å². The van der Waals surface area contributed by atoms with Crippen molar-refractivity contribution in [1.29, 1.82) is 0 Å². The third-order valence-corrected chi connectivity index (χ3v) is 3.00. The van der Waals surface area contributed by atoms with Gasteiger partial charge in [0, 0.05) is 11.8 Å². The first-order valence-electron chi connectivity index (χ1n) is 2.94. The van der Waals surface area contributed by atoms with Gasteiger partial charge in [-0.25, -0.2) is 0 Å². The third kappa shape index (κ3) is 1.88. The molecule has 1 atom stereocenters. The van der Waals surface area contributed by atoms with E-state index in [9.17, 15) is 0 Å². The van der Waals surface area contributed by atoms with Crippen LogP contribution in [0.4, 0.5) is 0 Å². The molecular formula is C5H11NS2. The normalized spacial score (nSPS) is 30.4. The van der Waals surface area contributed by atoms with E-state index in [4.69, 9.17) is 0 Å². The average Bonchev–Trinajstić information content (AvgIpc) is 1.90. The molecule has 1 heterocycles. The number of piperidine rings is 1. The minimum atomic E-state index is 0.757. The van der Waals surface area contributed by atoms with E-state index in [-0.39, 0.29) is 0 Å². The Morgan fingerprint density at radius 1 is 1.62 bits per heavy atom. The predicted octanol–water partition coefficient (Wildman–Crippen LogP) is 1.32. The first kappa shape index (κ1) is 6.78. The fraction of sp³-hybridized carbons (Fsp3) is 1.00. The maximum atomic E-state index is 4.14. The Balaban J connectivity index is 2.13. The first-order valence-corrected chi connectivity index (χ1v) is 4.87. The van der Waals surface area contributed by atoms with E-state index in [2.05, 4.69) is 17.0 Å². The highest BCUT2D eigenvalue weighted by molar-refractivity contribution is 8.68. The minimum Gasteiger partial charge on any atom is -0.316 e. The summed E-state index contributed by atoms with van der Waals surface area (Å²) in [6.45, 7) is 2.35. The van der Waals surface area contributed by atoms with Gasteiger partial charge in [0.2, 0.25) is 0 Å². The van der Waals surface area contributed by atoms with Gasteiger partial charge >= 0.3 is 0 Å². The lowest BCUT2D eigenvalue weighted by Gasteiger charge is -2.19. The predicted molar refractivity (Wildman–Crippen MR) is 42.5 cm³/mol. The van der Waals surface area contributed by atoms with Crippen LogP contribution in [0.25, 0.3) is 0 Å². The summed E-state index contributed by atoms with van der Waals surface area (Å²) in [4.78, 5) is 0. The van der Waals surface area contributed by atoms with Crippen LogP contribution in [0.1, 0.15) is 12.8 Å². The van der Waals surface area contributed by atoms with Crippen molar-refractivity contribution in [3.63, 3.8) is 0 Å². The molecule has 1 aliphatic rings. The molecule has 0 saturated carbocycles. The van der Waals surface area contributed by atoms with Crippen LogP contribution in [0.15, 0.2) is 0 Å².